The maximum atomic E-state index is 12.5. The van der Waals surface area contributed by atoms with Gasteiger partial charge >= 0.3 is 12.2 Å². The lowest BCUT2D eigenvalue weighted by molar-refractivity contribution is 0.107. The molecule has 0 saturated carbocycles. The van der Waals surface area contributed by atoms with E-state index in [0.29, 0.717) is 72.2 Å². The van der Waals surface area contributed by atoms with Crippen molar-refractivity contribution in [1.82, 2.24) is 29.6 Å². The van der Waals surface area contributed by atoms with E-state index in [9.17, 15) is 26.4 Å². The number of nitrogen functional groups attached to an aromatic ring is 1. The first-order valence-corrected chi connectivity index (χ1v) is 25.7. The molecule has 3 N–H and O–H groups in total. The number of rotatable bonds is 12. The lowest BCUT2D eigenvalue weighted by atomic mass is 10.2. The van der Waals surface area contributed by atoms with Gasteiger partial charge in [0.15, 0.2) is 11.5 Å². The number of hydrogen-bond donors (Lipinski definition) is 2. The smallest absolute Gasteiger partial charge is 0.415 e. The number of ether oxygens (including phenoxy) is 4. The quantitative estimate of drug-likeness (QED) is 0.139. The molecule has 65 heavy (non-hydrogen) atoms. The summed E-state index contributed by atoms with van der Waals surface area (Å²) in [5.74, 6) is 1.89. The molecule has 6 rings (SSSR count). The van der Waals surface area contributed by atoms with Gasteiger partial charge in [0, 0.05) is 88.3 Å². The minimum atomic E-state index is -3.45. The second-order valence-corrected chi connectivity index (χ2v) is 21.2. The minimum Gasteiger partial charge on any atom is -0.489 e. The molecule has 0 radical (unpaired) electrons. The van der Waals surface area contributed by atoms with Gasteiger partial charge < -0.3 is 34.5 Å². The number of halogens is 3. The molecule has 2 aliphatic heterocycles. The van der Waals surface area contributed by atoms with Crippen LogP contribution in [-0.2, 0) is 32.2 Å². The summed E-state index contributed by atoms with van der Waals surface area (Å²) in [5.41, 5.74) is 8.56. The standard InChI is InChI=1S/C21H27ClN4O5S.C20H25ClN4O3.CH3ClO2S/c1-15(2)30-20-10-16(4-5-19(20)22)14-25-6-8-26(9-7-25)21(27)31-18-11-17(12-23-13-18)24-32(3,28)29;1-14(2)27-19-9-15(3-4-18(19)21)13-24-5-7-25(8-6-24)20(26)28-17-10-16(22)11-23-12-17;1-5(2,3)4/h4-5,10-13,15,24H,6-9,14H2,1-3H3;3-4,9-12,14H,5-8,13,22H2,1-2H3;1H3. The van der Waals surface area contributed by atoms with Crippen LogP contribution in [0.3, 0.4) is 0 Å². The third kappa shape index (κ3) is 20.1. The number of benzene rings is 2. The molecule has 356 valence electrons. The first-order valence-electron chi connectivity index (χ1n) is 20.3. The Morgan fingerprint density at radius 2 is 1.06 bits per heavy atom. The lowest BCUT2D eigenvalue weighted by Crippen LogP contribution is -2.49. The molecule has 0 unspecified atom stereocenters. The van der Waals surface area contributed by atoms with E-state index in [1.54, 1.807) is 15.9 Å². The zero-order valence-electron chi connectivity index (χ0n) is 36.9. The van der Waals surface area contributed by atoms with Crippen LogP contribution >= 0.6 is 33.9 Å². The predicted octanol–water partition coefficient (Wildman–Crippen LogP) is 6.82. The molecule has 2 amide bonds. The van der Waals surface area contributed by atoms with E-state index in [1.165, 1.54) is 30.9 Å². The van der Waals surface area contributed by atoms with Gasteiger partial charge in [-0.15, -0.1) is 0 Å². The molecule has 0 atom stereocenters. The topological polar surface area (TPSA) is 216 Å². The Hall–Kier alpha value is -4.83. The Morgan fingerprint density at radius 3 is 1.45 bits per heavy atom. The summed E-state index contributed by atoms with van der Waals surface area (Å²) in [5, 5.41) is 1.20. The molecule has 23 heteroatoms. The van der Waals surface area contributed by atoms with Crippen molar-refractivity contribution >= 4 is 76.5 Å². The van der Waals surface area contributed by atoms with E-state index in [1.807, 2.05) is 64.1 Å². The van der Waals surface area contributed by atoms with Crippen LogP contribution in [0.15, 0.2) is 73.3 Å². The van der Waals surface area contributed by atoms with Crippen molar-refractivity contribution in [2.75, 3.05) is 75.3 Å². The molecule has 18 nitrogen and oxygen atoms in total. The third-order valence-corrected chi connectivity index (χ3v) is 10.2. The number of piperazine rings is 2. The molecule has 4 aromatic rings. The average molecular weight is 1000 g/mol. The summed E-state index contributed by atoms with van der Waals surface area (Å²) in [6.07, 6.45) is 6.86. The van der Waals surface area contributed by atoms with Crippen molar-refractivity contribution in [2.24, 2.45) is 0 Å². The zero-order valence-corrected chi connectivity index (χ0v) is 40.8. The number of sulfonamides is 1. The summed E-state index contributed by atoms with van der Waals surface area (Å²) < 4.78 is 66.0. The lowest BCUT2D eigenvalue weighted by Gasteiger charge is -2.34. The monoisotopic (exact) mass is 1000 g/mol. The van der Waals surface area contributed by atoms with Crippen molar-refractivity contribution in [3.05, 3.63) is 94.5 Å². The van der Waals surface area contributed by atoms with Crippen molar-refractivity contribution < 1.29 is 45.4 Å². The van der Waals surface area contributed by atoms with Crippen molar-refractivity contribution in [3.8, 4) is 23.0 Å². The number of anilines is 2. The number of nitrogens with zero attached hydrogens (tertiary/aromatic N) is 6. The largest absolute Gasteiger partial charge is 0.489 e. The van der Waals surface area contributed by atoms with Gasteiger partial charge in [-0.05, 0) is 63.1 Å². The second-order valence-electron chi connectivity index (χ2n) is 15.5. The predicted molar refractivity (Wildman–Crippen MR) is 252 cm³/mol. The van der Waals surface area contributed by atoms with Gasteiger partial charge in [-0.3, -0.25) is 24.5 Å². The average Bonchev–Trinajstić information content (AvgIpc) is 3.20. The summed E-state index contributed by atoms with van der Waals surface area (Å²) in [6.45, 7) is 14.4. The molecule has 4 heterocycles. The van der Waals surface area contributed by atoms with Gasteiger partial charge in [0.1, 0.15) is 11.5 Å². The van der Waals surface area contributed by atoms with Crippen molar-refractivity contribution in [2.45, 2.75) is 53.0 Å². The Labute approximate surface area is 395 Å². The number of carbonyl (C=O) groups is 2. The molecule has 0 bridgehead atoms. The summed E-state index contributed by atoms with van der Waals surface area (Å²) in [7, 11) is -2.14. The molecule has 2 saturated heterocycles. The van der Waals surface area contributed by atoms with Gasteiger partial charge in [0.05, 0.1) is 70.9 Å². The summed E-state index contributed by atoms with van der Waals surface area (Å²) in [4.78, 5) is 40.5. The Kier molecular flexibility index (Phi) is 20.0. The van der Waals surface area contributed by atoms with Gasteiger partial charge in [-0.2, -0.15) is 0 Å². The highest BCUT2D eigenvalue weighted by atomic mass is 35.7. The van der Waals surface area contributed by atoms with Gasteiger partial charge in [0.2, 0.25) is 19.1 Å². The highest BCUT2D eigenvalue weighted by Crippen LogP contribution is 2.29. The van der Waals surface area contributed by atoms with Gasteiger partial charge in [0.25, 0.3) is 0 Å². The van der Waals surface area contributed by atoms with Crippen LogP contribution < -0.4 is 29.4 Å². The van der Waals surface area contributed by atoms with Crippen molar-refractivity contribution in [3.63, 3.8) is 0 Å². The van der Waals surface area contributed by atoms with E-state index >= 15 is 0 Å². The Morgan fingerprint density at radius 1 is 0.662 bits per heavy atom. The second kappa shape index (κ2) is 24.6. The van der Waals surface area contributed by atoms with E-state index in [2.05, 4.69) is 35.2 Å². The number of amides is 2. The van der Waals surface area contributed by atoms with Crippen LogP contribution in [0.25, 0.3) is 0 Å². The number of carbonyl (C=O) groups excluding carboxylic acids is 2. The van der Waals surface area contributed by atoms with Crippen LogP contribution in [0, 0.1) is 0 Å². The van der Waals surface area contributed by atoms with E-state index < -0.39 is 25.2 Å². The molecule has 2 aromatic heterocycles. The molecule has 2 aliphatic rings. The molecule has 0 spiro atoms. The number of nitrogens with one attached hydrogen (secondary N) is 1. The number of hydrogen-bond acceptors (Lipinski definition) is 15. The van der Waals surface area contributed by atoms with Gasteiger partial charge in [-0.1, -0.05) is 35.3 Å². The van der Waals surface area contributed by atoms with E-state index in [-0.39, 0.29) is 29.7 Å². The number of aromatic nitrogens is 2. The first kappa shape index (κ1) is 52.8. The van der Waals surface area contributed by atoms with E-state index in [4.69, 9.17) is 47.9 Å². The molecular formula is C42H55Cl3N8O10S2. The Balaban J connectivity index is 0.000000259. The SMILES string of the molecule is CC(C)Oc1cc(CN2CCN(C(=O)Oc3cncc(N)c3)CC2)ccc1Cl.CC(C)Oc1cc(CN2CCN(C(=O)Oc3cncc(NS(C)(=O)=O)c3)CC2)ccc1Cl.CS(=O)(=O)Cl. The van der Waals surface area contributed by atoms with Crippen LogP contribution in [0.5, 0.6) is 23.0 Å². The molecule has 0 aliphatic carbocycles. The van der Waals surface area contributed by atoms with Crippen LogP contribution in [-0.4, -0.2) is 136 Å². The molecule has 2 fully saturated rings. The fourth-order valence-electron chi connectivity index (χ4n) is 6.24. The van der Waals surface area contributed by atoms with Gasteiger partial charge in [-0.25, -0.2) is 26.4 Å². The van der Waals surface area contributed by atoms with Crippen LogP contribution in [0.2, 0.25) is 10.0 Å². The van der Waals surface area contributed by atoms with Crippen molar-refractivity contribution in [1.29, 1.82) is 0 Å². The third-order valence-electron chi connectivity index (χ3n) is 8.95. The Bertz CT molecular complexity index is 2430. The summed E-state index contributed by atoms with van der Waals surface area (Å²) >= 11 is 12.4. The fraction of sp³-hybridized carbons (Fsp3) is 0.429. The zero-order chi connectivity index (χ0) is 47.9. The van der Waals surface area contributed by atoms with Crippen LogP contribution in [0.1, 0.15) is 38.8 Å². The number of nitrogens with two attached hydrogens (primary N) is 1. The summed E-state index contributed by atoms with van der Waals surface area (Å²) in [6, 6.07) is 14.6. The highest BCUT2D eigenvalue weighted by molar-refractivity contribution is 8.13. The number of pyridine rings is 2. The molecular weight excluding hydrogens is 947 g/mol. The van der Waals surface area contributed by atoms with E-state index in [0.717, 1.165) is 49.8 Å². The maximum Gasteiger partial charge on any atom is 0.415 e. The maximum absolute atomic E-state index is 12.5. The fourth-order valence-corrected chi connectivity index (χ4v) is 7.10. The highest BCUT2D eigenvalue weighted by Gasteiger charge is 2.25. The first-order chi connectivity index (χ1) is 30.5. The minimum absolute atomic E-state index is 0.0374. The van der Waals surface area contributed by atoms with Crippen LogP contribution in [0.4, 0.5) is 21.0 Å². The molecule has 2 aromatic carbocycles. The normalized spacial score (nSPS) is 14.7.